The van der Waals surface area contributed by atoms with Gasteiger partial charge in [0.05, 0.1) is 19.0 Å². The summed E-state index contributed by atoms with van der Waals surface area (Å²) in [6, 6.07) is 3.02. The Morgan fingerprint density at radius 1 is 1.50 bits per heavy atom. The first-order valence-electron chi connectivity index (χ1n) is 7.07. The Morgan fingerprint density at radius 2 is 2.41 bits per heavy atom. The summed E-state index contributed by atoms with van der Waals surface area (Å²) in [5, 5.41) is 3.66. The zero-order valence-corrected chi connectivity index (χ0v) is 11.9. The molecular weight excluding hydrogens is 288 g/mol. The van der Waals surface area contributed by atoms with Crippen molar-refractivity contribution < 1.29 is 14.1 Å². The second-order valence-corrected chi connectivity index (χ2v) is 5.07. The molecule has 1 fully saturated rings. The largest absolute Gasteiger partial charge is 0.375 e. The van der Waals surface area contributed by atoms with Crippen LogP contribution < -0.4 is 5.56 Å². The molecule has 8 nitrogen and oxygen atoms in total. The van der Waals surface area contributed by atoms with Crippen molar-refractivity contribution in [2.75, 3.05) is 19.7 Å². The molecule has 0 spiro atoms. The third-order valence-electron chi connectivity index (χ3n) is 3.54. The molecule has 3 heterocycles. The summed E-state index contributed by atoms with van der Waals surface area (Å²) < 4.78 is 10.4. The van der Waals surface area contributed by atoms with E-state index in [9.17, 15) is 9.59 Å². The molecule has 1 amide bonds. The van der Waals surface area contributed by atoms with Crippen LogP contribution in [0.4, 0.5) is 0 Å². The Kier molecular flexibility index (Phi) is 4.29. The number of morpholine rings is 1. The number of H-pyrrole nitrogens is 1. The normalized spacial score (nSPS) is 18.4. The molecule has 2 aromatic rings. The van der Waals surface area contributed by atoms with Gasteiger partial charge in [0.25, 0.3) is 11.5 Å². The molecule has 0 aromatic carbocycles. The van der Waals surface area contributed by atoms with E-state index in [1.165, 1.54) is 18.7 Å². The predicted molar refractivity (Wildman–Crippen MR) is 75.3 cm³/mol. The Balaban J connectivity index is 1.56. The van der Waals surface area contributed by atoms with Crippen LogP contribution in [0.2, 0.25) is 0 Å². The summed E-state index contributed by atoms with van der Waals surface area (Å²) in [4.78, 5) is 31.7. The van der Waals surface area contributed by atoms with Crippen LogP contribution in [0.1, 0.15) is 22.6 Å². The fourth-order valence-corrected chi connectivity index (χ4v) is 2.42. The van der Waals surface area contributed by atoms with Crippen LogP contribution in [0.3, 0.4) is 0 Å². The average Bonchev–Trinajstić information content (AvgIpc) is 3.07. The van der Waals surface area contributed by atoms with Gasteiger partial charge in [-0.25, -0.2) is 4.98 Å². The third kappa shape index (κ3) is 3.40. The van der Waals surface area contributed by atoms with Crippen molar-refractivity contribution in [1.82, 2.24) is 20.0 Å². The first kappa shape index (κ1) is 14.5. The number of amides is 1. The number of carbonyl (C=O) groups excluding carboxylic acids is 1. The maximum absolute atomic E-state index is 12.2. The monoisotopic (exact) mass is 304 g/mol. The number of aromatic amines is 1. The summed E-state index contributed by atoms with van der Waals surface area (Å²) in [5.74, 6) is -0.156. The van der Waals surface area contributed by atoms with E-state index in [2.05, 4.69) is 15.1 Å². The van der Waals surface area contributed by atoms with Crippen molar-refractivity contribution in [2.45, 2.75) is 18.9 Å². The second-order valence-electron chi connectivity index (χ2n) is 5.07. The van der Waals surface area contributed by atoms with Crippen molar-refractivity contribution >= 4 is 5.91 Å². The van der Waals surface area contributed by atoms with Gasteiger partial charge in [-0.2, -0.15) is 0 Å². The van der Waals surface area contributed by atoms with Gasteiger partial charge in [-0.3, -0.25) is 9.59 Å². The van der Waals surface area contributed by atoms with Crippen molar-refractivity contribution in [2.24, 2.45) is 0 Å². The van der Waals surface area contributed by atoms with Crippen molar-refractivity contribution in [3.63, 3.8) is 0 Å². The Bertz CT molecular complexity index is 682. The fourth-order valence-electron chi connectivity index (χ4n) is 2.42. The lowest BCUT2D eigenvalue weighted by atomic mass is 10.1. The van der Waals surface area contributed by atoms with Gasteiger partial charge >= 0.3 is 0 Å². The van der Waals surface area contributed by atoms with Gasteiger partial charge in [-0.15, -0.1) is 0 Å². The van der Waals surface area contributed by atoms with Crippen LogP contribution in [0.15, 0.2) is 34.0 Å². The number of ether oxygens (including phenoxy) is 1. The first-order chi connectivity index (χ1) is 10.7. The molecule has 0 bridgehead atoms. The molecule has 22 heavy (non-hydrogen) atoms. The van der Waals surface area contributed by atoms with Crippen molar-refractivity contribution in [3.8, 4) is 0 Å². The van der Waals surface area contributed by atoms with Gasteiger partial charge in [0.1, 0.15) is 6.26 Å². The Labute approximate surface area is 126 Å². The highest BCUT2D eigenvalue weighted by atomic mass is 16.5. The van der Waals surface area contributed by atoms with E-state index in [4.69, 9.17) is 9.26 Å². The van der Waals surface area contributed by atoms with E-state index >= 15 is 0 Å². The lowest BCUT2D eigenvalue weighted by Crippen LogP contribution is -2.45. The summed E-state index contributed by atoms with van der Waals surface area (Å²) in [6.45, 7) is 1.51. The molecule has 1 saturated heterocycles. The standard InChI is InChI=1S/C14H16N4O4/c19-13-7-10(15-9-16-13)1-2-11-8-18(4-6-21-11)14(20)12-3-5-22-17-12/h3,5,7,9,11H,1-2,4,6,8H2,(H,15,16,19). The zero-order valence-electron chi connectivity index (χ0n) is 11.9. The molecule has 116 valence electrons. The smallest absolute Gasteiger partial charge is 0.276 e. The van der Waals surface area contributed by atoms with Gasteiger partial charge < -0.3 is 19.1 Å². The average molecular weight is 304 g/mol. The van der Waals surface area contributed by atoms with Crippen LogP contribution in [0, 0.1) is 0 Å². The number of nitrogens with zero attached hydrogens (tertiary/aromatic N) is 3. The van der Waals surface area contributed by atoms with Gasteiger partial charge in [0, 0.05) is 30.9 Å². The maximum atomic E-state index is 12.2. The summed E-state index contributed by atoms with van der Waals surface area (Å²) >= 11 is 0. The molecule has 0 saturated carbocycles. The van der Waals surface area contributed by atoms with Crippen molar-refractivity contribution in [1.29, 1.82) is 0 Å². The number of nitrogens with one attached hydrogen (secondary N) is 1. The molecule has 1 unspecified atom stereocenters. The molecule has 1 atom stereocenters. The molecule has 1 N–H and O–H groups in total. The van der Waals surface area contributed by atoms with E-state index in [1.807, 2.05) is 0 Å². The summed E-state index contributed by atoms with van der Waals surface area (Å²) in [7, 11) is 0. The Hall–Kier alpha value is -2.48. The molecule has 2 aromatic heterocycles. The van der Waals surface area contributed by atoms with Crippen LogP contribution in [-0.2, 0) is 11.2 Å². The third-order valence-corrected chi connectivity index (χ3v) is 3.54. The van der Waals surface area contributed by atoms with Crippen molar-refractivity contribution in [3.05, 3.63) is 46.5 Å². The number of aryl methyl sites for hydroxylation is 1. The molecule has 0 radical (unpaired) electrons. The number of rotatable bonds is 4. The highest BCUT2D eigenvalue weighted by Crippen LogP contribution is 2.13. The van der Waals surface area contributed by atoms with E-state index in [0.29, 0.717) is 43.9 Å². The second kappa shape index (κ2) is 6.52. The van der Waals surface area contributed by atoms with Crippen LogP contribution in [-0.4, -0.2) is 51.7 Å². The molecule has 1 aliphatic heterocycles. The number of hydrogen-bond donors (Lipinski definition) is 1. The van der Waals surface area contributed by atoms with Gasteiger partial charge in [-0.1, -0.05) is 5.16 Å². The minimum atomic E-state index is -0.169. The summed E-state index contributed by atoms with van der Waals surface area (Å²) in [6.07, 6.45) is 4.01. The quantitative estimate of drug-likeness (QED) is 0.867. The molecule has 1 aliphatic rings. The maximum Gasteiger partial charge on any atom is 0.276 e. The van der Waals surface area contributed by atoms with E-state index in [-0.39, 0.29) is 17.6 Å². The van der Waals surface area contributed by atoms with Gasteiger partial charge in [-0.05, 0) is 12.8 Å². The van der Waals surface area contributed by atoms with Gasteiger partial charge in [0.15, 0.2) is 5.69 Å². The molecular formula is C14H16N4O4. The molecule has 8 heteroatoms. The topological polar surface area (TPSA) is 101 Å². The Morgan fingerprint density at radius 3 is 3.18 bits per heavy atom. The zero-order chi connectivity index (χ0) is 15.4. The number of hydrogen-bond acceptors (Lipinski definition) is 6. The predicted octanol–water partition coefficient (Wildman–Crippen LogP) is 0.232. The van der Waals surface area contributed by atoms with Gasteiger partial charge in [0.2, 0.25) is 0 Å². The number of aromatic nitrogens is 3. The van der Waals surface area contributed by atoms with E-state index in [1.54, 1.807) is 11.0 Å². The minimum Gasteiger partial charge on any atom is -0.375 e. The van der Waals surface area contributed by atoms with Crippen LogP contribution in [0.25, 0.3) is 0 Å². The van der Waals surface area contributed by atoms with E-state index < -0.39 is 0 Å². The summed E-state index contributed by atoms with van der Waals surface area (Å²) in [5.41, 5.74) is 0.849. The first-order valence-corrected chi connectivity index (χ1v) is 7.07. The lowest BCUT2D eigenvalue weighted by molar-refractivity contribution is -0.0249. The SMILES string of the molecule is O=C(c1ccon1)N1CCOC(CCc2cc(=O)[nH]cn2)C1. The number of carbonyl (C=O) groups is 1. The highest BCUT2D eigenvalue weighted by molar-refractivity contribution is 5.92. The molecule has 3 rings (SSSR count). The highest BCUT2D eigenvalue weighted by Gasteiger charge is 2.26. The van der Waals surface area contributed by atoms with Crippen LogP contribution >= 0.6 is 0 Å². The van der Waals surface area contributed by atoms with Crippen LogP contribution in [0.5, 0.6) is 0 Å². The lowest BCUT2D eigenvalue weighted by Gasteiger charge is -2.32. The van der Waals surface area contributed by atoms with E-state index in [0.717, 1.165) is 0 Å². The fraction of sp³-hybridized carbons (Fsp3) is 0.429. The minimum absolute atomic E-state index is 0.0781. The molecule has 0 aliphatic carbocycles.